The second-order valence-corrected chi connectivity index (χ2v) is 6.55. The summed E-state index contributed by atoms with van der Waals surface area (Å²) in [7, 11) is 0. The minimum Gasteiger partial charge on any atom is -0.454 e. The van der Waals surface area contributed by atoms with Gasteiger partial charge in [-0.05, 0) is 42.4 Å². The molecule has 1 fully saturated rings. The average molecular weight is 326 g/mol. The largest absolute Gasteiger partial charge is 0.454 e. The van der Waals surface area contributed by atoms with Crippen LogP contribution in [0.4, 0.5) is 0 Å². The zero-order valence-electron chi connectivity index (χ0n) is 11.4. The Morgan fingerprint density at radius 1 is 1.21 bits per heavy atom. The van der Waals surface area contributed by atoms with Crippen molar-refractivity contribution in [3.8, 4) is 11.5 Å². The van der Waals surface area contributed by atoms with Crippen molar-refractivity contribution in [1.82, 2.24) is 5.32 Å². The van der Waals surface area contributed by atoms with E-state index < -0.39 is 0 Å². The number of fused-ring (bicyclic) bond motifs is 1. The standard InChI is InChI=1S/C15H20BrNO2/c1-9-3-4-13(10(9)2)17-7-11-5-14-15(6-12(11)16)19-8-18-14/h5-6,9-10,13,17H,3-4,7-8H2,1-2H3. The normalized spacial score (nSPS) is 28.9. The Kier molecular flexibility index (Phi) is 3.72. The SMILES string of the molecule is CC1CCC(NCc2cc3c(cc2Br)OCO3)C1C. The summed E-state index contributed by atoms with van der Waals surface area (Å²) in [5.41, 5.74) is 1.23. The second kappa shape index (κ2) is 5.33. The number of nitrogens with one attached hydrogen (secondary N) is 1. The molecule has 19 heavy (non-hydrogen) atoms. The molecule has 3 nitrogen and oxygen atoms in total. The predicted octanol–water partition coefficient (Wildman–Crippen LogP) is 3.70. The van der Waals surface area contributed by atoms with Crippen LogP contribution < -0.4 is 14.8 Å². The summed E-state index contributed by atoms with van der Waals surface area (Å²) in [5, 5.41) is 3.68. The van der Waals surface area contributed by atoms with Gasteiger partial charge in [-0.3, -0.25) is 0 Å². The molecule has 1 heterocycles. The van der Waals surface area contributed by atoms with Gasteiger partial charge in [0.05, 0.1) is 0 Å². The van der Waals surface area contributed by atoms with Gasteiger partial charge in [0.2, 0.25) is 6.79 Å². The lowest BCUT2D eigenvalue weighted by molar-refractivity contribution is 0.174. The molecule has 1 saturated carbocycles. The topological polar surface area (TPSA) is 30.5 Å². The van der Waals surface area contributed by atoms with Gasteiger partial charge >= 0.3 is 0 Å². The molecule has 1 aliphatic heterocycles. The minimum atomic E-state index is 0.329. The second-order valence-electron chi connectivity index (χ2n) is 5.70. The first-order chi connectivity index (χ1) is 9.15. The van der Waals surface area contributed by atoms with Crippen molar-refractivity contribution in [3.05, 3.63) is 22.2 Å². The number of ether oxygens (including phenoxy) is 2. The van der Waals surface area contributed by atoms with Crippen LogP contribution in [0.2, 0.25) is 0 Å². The molecular weight excluding hydrogens is 306 g/mol. The zero-order chi connectivity index (χ0) is 13.4. The lowest BCUT2D eigenvalue weighted by atomic mass is 9.97. The first kappa shape index (κ1) is 13.3. The van der Waals surface area contributed by atoms with Crippen LogP contribution in [-0.4, -0.2) is 12.8 Å². The van der Waals surface area contributed by atoms with Gasteiger partial charge in [0.1, 0.15) is 0 Å². The van der Waals surface area contributed by atoms with Crippen molar-refractivity contribution in [2.75, 3.05) is 6.79 Å². The van der Waals surface area contributed by atoms with E-state index in [0.717, 1.165) is 34.4 Å². The molecule has 4 heteroatoms. The van der Waals surface area contributed by atoms with E-state index in [4.69, 9.17) is 9.47 Å². The van der Waals surface area contributed by atoms with Crippen LogP contribution in [0.25, 0.3) is 0 Å². The third kappa shape index (κ3) is 2.61. The van der Waals surface area contributed by atoms with Crippen molar-refractivity contribution in [3.63, 3.8) is 0 Å². The molecule has 1 N–H and O–H groups in total. The van der Waals surface area contributed by atoms with E-state index in [9.17, 15) is 0 Å². The number of rotatable bonds is 3. The Morgan fingerprint density at radius 3 is 2.63 bits per heavy atom. The summed E-state index contributed by atoms with van der Waals surface area (Å²) < 4.78 is 11.9. The maximum absolute atomic E-state index is 5.43. The van der Waals surface area contributed by atoms with E-state index in [1.165, 1.54) is 18.4 Å². The lowest BCUT2D eigenvalue weighted by Gasteiger charge is -2.20. The van der Waals surface area contributed by atoms with E-state index in [0.29, 0.717) is 12.8 Å². The van der Waals surface area contributed by atoms with Crippen molar-refractivity contribution in [2.45, 2.75) is 39.3 Å². The van der Waals surface area contributed by atoms with Crippen LogP contribution >= 0.6 is 15.9 Å². The maximum atomic E-state index is 5.43. The summed E-state index contributed by atoms with van der Waals surface area (Å²) in [5.74, 6) is 3.27. The predicted molar refractivity (Wildman–Crippen MR) is 78.5 cm³/mol. The molecule has 0 spiro atoms. The van der Waals surface area contributed by atoms with Gasteiger partial charge in [-0.25, -0.2) is 0 Å². The molecule has 3 unspecified atom stereocenters. The number of hydrogen-bond donors (Lipinski definition) is 1. The highest BCUT2D eigenvalue weighted by molar-refractivity contribution is 9.10. The molecule has 0 radical (unpaired) electrons. The van der Waals surface area contributed by atoms with Gasteiger partial charge in [-0.1, -0.05) is 29.8 Å². The van der Waals surface area contributed by atoms with Crippen LogP contribution in [0.1, 0.15) is 32.3 Å². The Labute approximate surface area is 122 Å². The third-order valence-electron chi connectivity index (χ3n) is 4.56. The Hall–Kier alpha value is -0.740. The molecule has 104 valence electrons. The molecule has 1 aromatic rings. The summed E-state index contributed by atoms with van der Waals surface area (Å²) >= 11 is 3.61. The maximum Gasteiger partial charge on any atom is 0.231 e. The fourth-order valence-electron chi connectivity index (χ4n) is 2.99. The fourth-order valence-corrected chi connectivity index (χ4v) is 3.45. The molecule has 0 bridgehead atoms. The smallest absolute Gasteiger partial charge is 0.231 e. The summed E-state index contributed by atoms with van der Waals surface area (Å²) in [6.45, 7) is 5.90. The average Bonchev–Trinajstić information content (AvgIpc) is 2.96. The van der Waals surface area contributed by atoms with Crippen LogP contribution in [-0.2, 0) is 6.54 Å². The number of halogens is 1. The Morgan fingerprint density at radius 2 is 1.95 bits per heavy atom. The van der Waals surface area contributed by atoms with Gasteiger partial charge < -0.3 is 14.8 Å². The van der Waals surface area contributed by atoms with Gasteiger partial charge in [0.15, 0.2) is 11.5 Å². The Bertz CT molecular complexity index is 477. The fraction of sp³-hybridized carbons (Fsp3) is 0.600. The van der Waals surface area contributed by atoms with Crippen molar-refractivity contribution in [1.29, 1.82) is 0 Å². The quantitative estimate of drug-likeness (QED) is 0.919. The minimum absolute atomic E-state index is 0.329. The van der Waals surface area contributed by atoms with Gasteiger partial charge in [0, 0.05) is 17.1 Å². The highest BCUT2D eigenvalue weighted by Crippen LogP contribution is 2.37. The van der Waals surface area contributed by atoms with E-state index in [2.05, 4.69) is 41.2 Å². The summed E-state index contributed by atoms with van der Waals surface area (Å²) in [4.78, 5) is 0. The van der Waals surface area contributed by atoms with Crippen molar-refractivity contribution < 1.29 is 9.47 Å². The van der Waals surface area contributed by atoms with Gasteiger partial charge in [0.25, 0.3) is 0 Å². The highest BCUT2D eigenvalue weighted by Gasteiger charge is 2.29. The third-order valence-corrected chi connectivity index (χ3v) is 5.30. The molecule has 3 rings (SSSR count). The molecular formula is C15H20BrNO2. The van der Waals surface area contributed by atoms with Crippen LogP contribution in [0.15, 0.2) is 16.6 Å². The number of hydrogen-bond acceptors (Lipinski definition) is 3. The highest BCUT2D eigenvalue weighted by atomic mass is 79.9. The molecule has 0 amide bonds. The van der Waals surface area contributed by atoms with Crippen LogP contribution in [0, 0.1) is 11.8 Å². The molecule has 0 saturated heterocycles. The molecule has 1 aliphatic carbocycles. The zero-order valence-corrected chi connectivity index (χ0v) is 13.0. The molecule has 2 aliphatic rings. The van der Waals surface area contributed by atoms with Gasteiger partial charge in [-0.2, -0.15) is 0 Å². The molecule has 3 atom stereocenters. The van der Waals surface area contributed by atoms with Crippen LogP contribution in [0.5, 0.6) is 11.5 Å². The monoisotopic (exact) mass is 325 g/mol. The molecule has 0 aromatic heterocycles. The molecule has 1 aromatic carbocycles. The summed E-state index contributed by atoms with van der Waals surface area (Å²) in [6, 6.07) is 4.70. The van der Waals surface area contributed by atoms with E-state index >= 15 is 0 Å². The van der Waals surface area contributed by atoms with Crippen molar-refractivity contribution >= 4 is 15.9 Å². The van der Waals surface area contributed by atoms with E-state index in [1.54, 1.807) is 0 Å². The summed E-state index contributed by atoms with van der Waals surface area (Å²) in [6.07, 6.45) is 2.62. The van der Waals surface area contributed by atoms with Gasteiger partial charge in [-0.15, -0.1) is 0 Å². The first-order valence-electron chi connectivity index (χ1n) is 6.96. The van der Waals surface area contributed by atoms with E-state index in [1.807, 2.05) is 6.07 Å². The Balaban J connectivity index is 1.67. The van der Waals surface area contributed by atoms with Crippen molar-refractivity contribution in [2.24, 2.45) is 11.8 Å². The van der Waals surface area contributed by atoms with Crippen LogP contribution in [0.3, 0.4) is 0 Å². The number of benzene rings is 1. The van der Waals surface area contributed by atoms with E-state index in [-0.39, 0.29) is 0 Å². The first-order valence-corrected chi connectivity index (χ1v) is 7.76. The lowest BCUT2D eigenvalue weighted by Crippen LogP contribution is -2.31.